The largest absolute Gasteiger partial charge is 0.328 e. The van der Waals surface area contributed by atoms with Crippen LogP contribution in [0, 0.1) is 5.41 Å². The van der Waals surface area contributed by atoms with Gasteiger partial charge in [0.2, 0.25) is 8.27 Å². The molecule has 0 aliphatic carbocycles. The fourth-order valence-electron chi connectivity index (χ4n) is 0.469. The van der Waals surface area contributed by atoms with Crippen LogP contribution in [0.5, 0.6) is 0 Å². The highest BCUT2D eigenvalue weighted by Gasteiger charge is 2.05. The summed E-state index contributed by atoms with van der Waals surface area (Å²) in [5.74, 6) is 0. The van der Waals surface area contributed by atoms with Gasteiger partial charge in [0, 0.05) is 0 Å². The lowest BCUT2D eigenvalue weighted by Crippen LogP contribution is -2.22. The van der Waals surface area contributed by atoms with Gasteiger partial charge >= 0.3 is 0 Å². The zero-order valence-corrected chi connectivity index (χ0v) is 9.02. The zero-order valence-electron chi connectivity index (χ0n) is 7.11. The highest BCUT2D eigenvalue weighted by Crippen LogP contribution is 2.14. The summed E-state index contributed by atoms with van der Waals surface area (Å²) in [7, 11) is 0.660. The number of halogens is 1. The molecule has 0 saturated heterocycles. The molecule has 60 valence electrons. The summed E-state index contributed by atoms with van der Waals surface area (Å²) in [6.07, 6.45) is 2.16. The van der Waals surface area contributed by atoms with E-state index in [1.165, 1.54) is 0 Å². The molecule has 0 heterocycles. The number of allylic oxidation sites excluding steroid dienone is 1. The standard InChI is InChI=1S/C7H16ClNSi/c1-7(2,3)5-6-10(8)9-4/h5-6,9-10H,1-4H3. The van der Waals surface area contributed by atoms with Gasteiger partial charge in [0.05, 0.1) is 0 Å². The Kier molecular flexibility index (Phi) is 4.25. The molecule has 0 rings (SSSR count). The van der Waals surface area contributed by atoms with Crippen molar-refractivity contribution in [1.29, 1.82) is 0 Å². The minimum absolute atomic E-state index is 0.261. The third-order valence-electron chi connectivity index (χ3n) is 1.04. The Bertz CT molecular complexity index is 117. The second kappa shape index (κ2) is 4.16. The maximum Gasteiger partial charge on any atom is 0.234 e. The van der Waals surface area contributed by atoms with Gasteiger partial charge in [-0.2, -0.15) is 0 Å². The normalized spacial score (nSPS) is 16.1. The van der Waals surface area contributed by atoms with E-state index in [2.05, 4.69) is 37.5 Å². The van der Waals surface area contributed by atoms with E-state index < -0.39 is 8.27 Å². The van der Waals surface area contributed by atoms with E-state index in [1.54, 1.807) is 0 Å². The van der Waals surface area contributed by atoms with Crippen molar-refractivity contribution >= 4 is 19.3 Å². The van der Waals surface area contributed by atoms with Gasteiger partial charge in [0.15, 0.2) is 0 Å². The van der Waals surface area contributed by atoms with Crippen molar-refractivity contribution in [1.82, 2.24) is 4.98 Å². The van der Waals surface area contributed by atoms with Crippen molar-refractivity contribution in [2.75, 3.05) is 7.05 Å². The van der Waals surface area contributed by atoms with E-state index >= 15 is 0 Å². The van der Waals surface area contributed by atoms with Crippen molar-refractivity contribution in [2.45, 2.75) is 20.8 Å². The molecule has 0 spiro atoms. The van der Waals surface area contributed by atoms with Crippen LogP contribution in [0.3, 0.4) is 0 Å². The van der Waals surface area contributed by atoms with Gasteiger partial charge < -0.3 is 4.98 Å². The maximum atomic E-state index is 5.91. The van der Waals surface area contributed by atoms with Gasteiger partial charge in [-0.1, -0.05) is 32.5 Å². The molecule has 0 aromatic carbocycles. The topological polar surface area (TPSA) is 12.0 Å². The van der Waals surface area contributed by atoms with Crippen molar-refractivity contribution in [3.8, 4) is 0 Å². The SMILES string of the molecule is CN[SiH](Cl)C=CC(C)(C)C. The van der Waals surface area contributed by atoms with Crippen LogP contribution in [0.1, 0.15) is 20.8 Å². The number of rotatable bonds is 2. The monoisotopic (exact) mass is 177 g/mol. The van der Waals surface area contributed by atoms with Crippen LogP contribution in [-0.4, -0.2) is 15.3 Å². The van der Waals surface area contributed by atoms with Crippen LogP contribution in [0.25, 0.3) is 0 Å². The Balaban J connectivity index is 3.75. The summed E-state index contributed by atoms with van der Waals surface area (Å²) in [6, 6.07) is 0. The Morgan fingerprint density at radius 3 is 2.20 bits per heavy atom. The molecule has 0 saturated carbocycles. The molecule has 1 atom stereocenters. The molecule has 0 fully saturated rings. The van der Waals surface area contributed by atoms with Crippen LogP contribution in [-0.2, 0) is 0 Å². The Morgan fingerprint density at radius 1 is 1.40 bits per heavy atom. The molecule has 0 radical (unpaired) electrons. The van der Waals surface area contributed by atoms with Gasteiger partial charge in [-0.3, -0.25) is 0 Å². The molecular formula is C7H16ClNSi. The smallest absolute Gasteiger partial charge is 0.234 e. The highest BCUT2D eigenvalue weighted by molar-refractivity contribution is 7.08. The first-order valence-corrected chi connectivity index (χ1v) is 6.45. The van der Waals surface area contributed by atoms with Crippen LogP contribution < -0.4 is 4.98 Å². The molecule has 0 aliphatic heterocycles. The van der Waals surface area contributed by atoms with Crippen LogP contribution in [0.2, 0.25) is 0 Å². The summed E-state index contributed by atoms with van der Waals surface area (Å²) in [5, 5.41) is 0. The molecule has 0 aromatic heterocycles. The van der Waals surface area contributed by atoms with Crippen LogP contribution in [0.15, 0.2) is 11.8 Å². The molecule has 0 aliphatic rings. The quantitative estimate of drug-likeness (QED) is 0.501. The summed E-state index contributed by atoms with van der Waals surface area (Å²) < 4.78 is 0. The molecule has 3 heteroatoms. The first-order valence-electron chi connectivity index (χ1n) is 3.46. The van der Waals surface area contributed by atoms with E-state index in [-0.39, 0.29) is 5.41 Å². The van der Waals surface area contributed by atoms with Gasteiger partial charge in [0.25, 0.3) is 0 Å². The second-order valence-corrected chi connectivity index (χ2v) is 6.59. The van der Waals surface area contributed by atoms with E-state index in [4.69, 9.17) is 11.1 Å². The predicted octanol–water partition coefficient (Wildman–Crippen LogP) is 1.81. The molecule has 0 amide bonds. The Hall–Kier alpha value is 0.207. The van der Waals surface area contributed by atoms with Gasteiger partial charge in [0.1, 0.15) is 0 Å². The lowest BCUT2D eigenvalue weighted by molar-refractivity contribution is 0.545. The fraction of sp³-hybridized carbons (Fsp3) is 0.714. The number of hydrogen-bond acceptors (Lipinski definition) is 1. The average molecular weight is 178 g/mol. The zero-order chi connectivity index (χ0) is 8.20. The lowest BCUT2D eigenvalue weighted by atomic mass is 9.98. The summed E-state index contributed by atoms with van der Waals surface area (Å²) >= 11 is 5.91. The minimum atomic E-state index is -1.24. The molecule has 0 bridgehead atoms. The third kappa shape index (κ3) is 6.33. The van der Waals surface area contributed by atoms with E-state index in [9.17, 15) is 0 Å². The van der Waals surface area contributed by atoms with Crippen LogP contribution >= 0.6 is 11.1 Å². The highest BCUT2D eigenvalue weighted by atomic mass is 35.6. The Labute approximate surface area is 69.9 Å². The van der Waals surface area contributed by atoms with Crippen molar-refractivity contribution in [3.05, 3.63) is 11.8 Å². The molecule has 10 heavy (non-hydrogen) atoms. The van der Waals surface area contributed by atoms with Crippen LogP contribution in [0.4, 0.5) is 0 Å². The van der Waals surface area contributed by atoms with Crippen molar-refractivity contribution < 1.29 is 0 Å². The lowest BCUT2D eigenvalue weighted by Gasteiger charge is -2.11. The van der Waals surface area contributed by atoms with Crippen molar-refractivity contribution in [2.24, 2.45) is 5.41 Å². The van der Waals surface area contributed by atoms with Gasteiger partial charge in [-0.15, -0.1) is 11.1 Å². The predicted molar refractivity (Wildman–Crippen MR) is 50.7 cm³/mol. The van der Waals surface area contributed by atoms with E-state index in [0.717, 1.165) is 0 Å². The Morgan fingerprint density at radius 2 is 1.90 bits per heavy atom. The molecule has 0 aromatic rings. The maximum absolute atomic E-state index is 5.91. The van der Waals surface area contributed by atoms with Gasteiger partial charge in [-0.05, 0) is 12.5 Å². The first-order chi connectivity index (χ1) is 4.45. The number of nitrogens with one attached hydrogen (secondary N) is 1. The molecule has 1 N–H and O–H groups in total. The summed E-state index contributed by atoms with van der Waals surface area (Å²) in [5.41, 5.74) is 2.36. The average Bonchev–Trinajstić information content (AvgIpc) is 1.81. The first kappa shape index (κ1) is 10.2. The van der Waals surface area contributed by atoms with Crippen molar-refractivity contribution in [3.63, 3.8) is 0 Å². The minimum Gasteiger partial charge on any atom is -0.328 e. The number of hydrogen-bond donors (Lipinski definition) is 1. The second-order valence-electron chi connectivity index (χ2n) is 3.42. The summed E-state index contributed by atoms with van der Waals surface area (Å²) in [4.78, 5) is 3.06. The summed E-state index contributed by atoms with van der Waals surface area (Å²) in [6.45, 7) is 6.49. The van der Waals surface area contributed by atoms with E-state index in [0.29, 0.717) is 0 Å². The molecular weight excluding hydrogens is 162 g/mol. The van der Waals surface area contributed by atoms with Gasteiger partial charge in [-0.25, -0.2) is 0 Å². The molecule has 1 unspecified atom stereocenters. The molecule has 1 nitrogen and oxygen atoms in total. The fourth-order valence-corrected chi connectivity index (χ4v) is 1.63. The third-order valence-corrected chi connectivity index (χ3v) is 3.21. The van der Waals surface area contributed by atoms with E-state index in [1.807, 2.05) is 7.05 Å².